The fraction of sp³-hybridized carbons (Fsp3) is 0.276. The highest BCUT2D eigenvalue weighted by Crippen LogP contribution is 2.31. The maximum absolute atomic E-state index is 14.0. The summed E-state index contributed by atoms with van der Waals surface area (Å²) in [5, 5.41) is 0.467. The topological polar surface area (TPSA) is 67.6 Å². The van der Waals surface area contributed by atoms with E-state index in [1.807, 2.05) is 37.3 Å². The number of hydrogen-bond donors (Lipinski definition) is 0. The van der Waals surface area contributed by atoms with E-state index in [-0.39, 0.29) is 22.8 Å². The van der Waals surface area contributed by atoms with E-state index in [4.69, 9.17) is 4.42 Å². The minimum atomic E-state index is -4.01. The Morgan fingerprint density at radius 1 is 0.829 bits per heavy atom. The molecule has 4 rings (SSSR count). The van der Waals surface area contributed by atoms with Crippen molar-refractivity contribution >= 4 is 26.9 Å². The van der Waals surface area contributed by atoms with Crippen LogP contribution in [0.4, 0.5) is 5.88 Å². The van der Waals surface area contributed by atoms with Crippen LogP contribution in [0, 0.1) is 6.92 Å². The van der Waals surface area contributed by atoms with Gasteiger partial charge in [0.1, 0.15) is 5.58 Å². The molecule has 182 valence electrons. The summed E-state index contributed by atoms with van der Waals surface area (Å²) in [4.78, 5) is 13.8. The monoisotopic (exact) mass is 489 g/mol. The normalized spacial score (nSPS) is 11.6. The van der Waals surface area contributed by atoms with E-state index in [0.29, 0.717) is 23.0 Å². The van der Waals surface area contributed by atoms with E-state index >= 15 is 0 Å². The molecule has 0 aliphatic rings. The Labute approximate surface area is 207 Å². The van der Waals surface area contributed by atoms with Gasteiger partial charge >= 0.3 is 0 Å². The summed E-state index contributed by atoms with van der Waals surface area (Å²) in [6.45, 7) is 4.10. The van der Waals surface area contributed by atoms with Crippen molar-refractivity contribution < 1.29 is 12.8 Å². The summed E-state index contributed by atoms with van der Waals surface area (Å²) in [6, 6.07) is 23.1. The van der Waals surface area contributed by atoms with E-state index in [1.54, 1.807) is 48.5 Å². The fourth-order valence-electron chi connectivity index (χ4n) is 4.17. The zero-order valence-electron chi connectivity index (χ0n) is 20.2. The van der Waals surface area contributed by atoms with E-state index in [9.17, 15) is 13.2 Å². The summed E-state index contributed by atoms with van der Waals surface area (Å²) < 4.78 is 35.5. The first-order chi connectivity index (χ1) is 16.9. The predicted molar refractivity (Wildman–Crippen MR) is 141 cm³/mol. The Kier molecular flexibility index (Phi) is 7.71. The summed E-state index contributed by atoms with van der Waals surface area (Å²) in [5.41, 5.74) is 2.38. The number of fused-ring (bicyclic) bond motifs is 1. The van der Waals surface area contributed by atoms with E-state index in [0.717, 1.165) is 36.8 Å². The Morgan fingerprint density at radius 3 is 2.23 bits per heavy atom. The van der Waals surface area contributed by atoms with Gasteiger partial charge in [0.15, 0.2) is 5.43 Å². The highest BCUT2D eigenvalue weighted by molar-refractivity contribution is 7.92. The van der Waals surface area contributed by atoms with Crippen LogP contribution in [0.25, 0.3) is 11.0 Å². The first kappa shape index (κ1) is 24.7. The van der Waals surface area contributed by atoms with Gasteiger partial charge in [0, 0.05) is 0 Å². The number of sulfonamides is 1. The van der Waals surface area contributed by atoms with Crippen LogP contribution in [0.15, 0.2) is 93.0 Å². The van der Waals surface area contributed by atoms with Gasteiger partial charge < -0.3 is 4.42 Å². The van der Waals surface area contributed by atoms with Crippen molar-refractivity contribution in [3.63, 3.8) is 0 Å². The molecule has 0 aliphatic heterocycles. The Morgan fingerprint density at radius 2 is 1.51 bits per heavy atom. The first-order valence-corrected chi connectivity index (χ1v) is 13.5. The van der Waals surface area contributed by atoms with Crippen molar-refractivity contribution in [2.45, 2.75) is 57.4 Å². The Hall–Kier alpha value is -3.38. The standard InChI is InChI=1S/C29H31NO4S/c1-3-4-5-9-15-26-28(31)25-14-10-11-16-27(25)34-29(26)30(21-23-12-7-6-8-13-23)35(32,33)24-19-17-22(2)18-20-24/h6-8,10-14,16-20H,3-5,9,15,21H2,1-2H3. The summed E-state index contributed by atoms with van der Waals surface area (Å²) >= 11 is 0. The number of hydrogen-bond acceptors (Lipinski definition) is 4. The van der Waals surface area contributed by atoms with Crippen molar-refractivity contribution in [3.8, 4) is 0 Å². The number of unbranched alkanes of at least 4 members (excludes halogenated alkanes) is 3. The summed E-state index contributed by atoms with van der Waals surface area (Å²) in [7, 11) is -4.01. The van der Waals surface area contributed by atoms with Crippen molar-refractivity contribution in [1.82, 2.24) is 0 Å². The van der Waals surface area contributed by atoms with Gasteiger partial charge in [0.05, 0.1) is 22.4 Å². The molecule has 0 aliphatic carbocycles. The SMILES string of the molecule is CCCCCCc1c(N(Cc2ccccc2)S(=O)(=O)c2ccc(C)cc2)oc2ccccc2c1=O. The number of benzene rings is 3. The molecule has 0 radical (unpaired) electrons. The number of aryl methyl sites for hydroxylation is 1. The number of nitrogens with zero attached hydrogens (tertiary/aromatic N) is 1. The maximum atomic E-state index is 14.0. The number of rotatable bonds is 10. The fourth-order valence-corrected chi connectivity index (χ4v) is 5.59. The molecule has 0 saturated heterocycles. The van der Waals surface area contributed by atoms with Gasteiger partial charge in [-0.2, -0.15) is 0 Å². The molecule has 4 aromatic rings. The van der Waals surface area contributed by atoms with Gasteiger partial charge in [0.25, 0.3) is 10.0 Å². The van der Waals surface area contributed by atoms with Crippen LogP contribution in [-0.4, -0.2) is 8.42 Å². The molecule has 0 fully saturated rings. The molecule has 0 N–H and O–H groups in total. The van der Waals surface area contributed by atoms with Crippen LogP contribution in [0.5, 0.6) is 0 Å². The molecule has 0 bridgehead atoms. The Bertz CT molecular complexity index is 1440. The van der Waals surface area contributed by atoms with Crippen LogP contribution in [0.3, 0.4) is 0 Å². The lowest BCUT2D eigenvalue weighted by atomic mass is 10.0. The third-order valence-electron chi connectivity index (χ3n) is 6.16. The quantitative estimate of drug-likeness (QED) is 0.235. The van der Waals surface area contributed by atoms with Crippen LogP contribution >= 0.6 is 0 Å². The summed E-state index contributed by atoms with van der Waals surface area (Å²) in [6.07, 6.45) is 4.33. The number of anilines is 1. The van der Waals surface area contributed by atoms with Gasteiger partial charge in [-0.3, -0.25) is 4.79 Å². The molecule has 3 aromatic carbocycles. The van der Waals surface area contributed by atoms with Crippen LogP contribution < -0.4 is 9.73 Å². The van der Waals surface area contributed by atoms with Gasteiger partial charge in [-0.15, -0.1) is 0 Å². The van der Waals surface area contributed by atoms with Gasteiger partial charge in [-0.05, 0) is 49.6 Å². The largest absolute Gasteiger partial charge is 0.439 e. The molecule has 0 amide bonds. The molecule has 0 atom stereocenters. The first-order valence-electron chi connectivity index (χ1n) is 12.1. The summed E-state index contributed by atoms with van der Waals surface area (Å²) in [5.74, 6) is 0.106. The highest BCUT2D eigenvalue weighted by atomic mass is 32.2. The van der Waals surface area contributed by atoms with E-state index < -0.39 is 10.0 Å². The minimum absolute atomic E-state index is 0.0558. The van der Waals surface area contributed by atoms with E-state index in [2.05, 4.69) is 6.92 Å². The molecule has 6 heteroatoms. The molecule has 0 saturated carbocycles. The molecular formula is C29H31NO4S. The Balaban J connectivity index is 1.91. The molecular weight excluding hydrogens is 458 g/mol. The zero-order valence-corrected chi connectivity index (χ0v) is 21.1. The predicted octanol–water partition coefficient (Wildman–Crippen LogP) is 6.62. The lowest BCUT2D eigenvalue weighted by Crippen LogP contribution is -2.33. The highest BCUT2D eigenvalue weighted by Gasteiger charge is 2.31. The molecule has 1 aromatic heterocycles. The minimum Gasteiger partial charge on any atom is -0.439 e. The zero-order chi connectivity index (χ0) is 24.8. The lowest BCUT2D eigenvalue weighted by molar-refractivity contribution is 0.558. The third-order valence-corrected chi connectivity index (χ3v) is 7.90. The van der Waals surface area contributed by atoms with Crippen LogP contribution in [-0.2, 0) is 23.0 Å². The van der Waals surface area contributed by atoms with Crippen molar-refractivity contribution in [1.29, 1.82) is 0 Å². The average molecular weight is 490 g/mol. The smallest absolute Gasteiger partial charge is 0.266 e. The lowest BCUT2D eigenvalue weighted by Gasteiger charge is -2.25. The van der Waals surface area contributed by atoms with Crippen LogP contribution in [0.1, 0.15) is 49.3 Å². The van der Waals surface area contributed by atoms with Gasteiger partial charge in [0.2, 0.25) is 5.88 Å². The third kappa shape index (κ3) is 5.49. The average Bonchev–Trinajstić information content (AvgIpc) is 2.87. The number of para-hydroxylation sites is 1. The molecule has 5 nitrogen and oxygen atoms in total. The second-order valence-electron chi connectivity index (χ2n) is 8.83. The molecule has 0 unspecified atom stereocenters. The van der Waals surface area contributed by atoms with Gasteiger partial charge in [-0.25, -0.2) is 12.7 Å². The second kappa shape index (κ2) is 10.9. The van der Waals surface area contributed by atoms with Gasteiger partial charge in [-0.1, -0.05) is 86.3 Å². The van der Waals surface area contributed by atoms with Crippen LogP contribution in [0.2, 0.25) is 0 Å². The second-order valence-corrected chi connectivity index (χ2v) is 10.7. The van der Waals surface area contributed by atoms with Crippen molar-refractivity contribution in [2.75, 3.05) is 4.31 Å². The molecule has 0 spiro atoms. The van der Waals surface area contributed by atoms with Crippen molar-refractivity contribution in [3.05, 3.63) is 106 Å². The van der Waals surface area contributed by atoms with Crippen molar-refractivity contribution in [2.24, 2.45) is 0 Å². The maximum Gasteiger partial charge on any atom is 0.266 e. The van der Waals surface area contributed by atoms with E-state index in [1.165, 1.54) is 4.31 Å². The molecule has 35 heavy (non-hydrogen) atoms. The molecule has 1 heterocycles.